The number of carbonyl (C=O) groups excluding carboxylic acids is 2. The lowest BCUT2D eigenvalue weighted by molar-refractivity contribution is -0.143. The smallest absolute Gasteiger partial charge is 0.319 e. The summed E-state index contributed by atoms with van der Waals surface area (Å²) < 4.78 is 4.60. The molecule has 0 aromatic carbocycles. The third kappa shape index (κ3) is 6.01. The minimum absolute atomic E-state index is 0.0631. The quantitative estimate of drug-likeness (QED) is 0.521. The van der Waals surface area contributed by atoms with Gasteiger partial charge in [-0.1, -0.05) is 0 Å². The van der Waals surface area contributed by atoms with E-state index in [1.165, 1.54) is 7.11 Å². The third-order valence-corrected chi connectivity index (χ3v) is 3.34. The molecule has 1 N–H and O–H groups in total. The van der Waals surface area contributed by atoms with E-state index in [1.54, 1.807) is 4.90 Å². The first-order valence-corrected chi connectivity index (χ1v) is 6.81. The van der Waals surface area contributed by atoms with Crippen molar-refractivity contribution >= 4 is 17.8 Å². The second kappa shape index (κ2) is 8.52. The average Bonchev–Trinajstić information content (AvgIpc) is 2.43. The zero-order valence-corrected chi connectivity index (χ0v) is 11.8. The molecule has 0 radical (unpaired) electrons. The van der Waals surface area contributed by atoms with Crippen LogP contribution in [0.3, 0.4) is 0 Å². The fourth-order valence-electron chi connectivity index (χ4n) is 2.11. The normalized spacial score (nSPS) is 15.9. The van der Waals surface area contributed by atoms with Crippen LogP contribution in [0.25, 0.3) is 0 Å². The lowest BCUT2D eigenvalue weighted by Gasteiger charge is -2.34. The van der Waals surface area contributed by atoms with Gasteiger partial charge in [-0.25, -0.2) is 0 Å². The summed E-state index contributed by atoms with van der Waals surface area (Å²) in [5.41, 5.74) is 0. The Morgan fingerprint density at radius 1 is 1.05 bits per heavy atom. The number of methoxy groups -OCH3 is 1. The molecule has 0 aromatic heterocycles. The molecule has 1 aliphatic rings. The number of ether oxygens (including phenoxy) is 1. The molecular formula is C13H22N2O5. The van der Waals surface area contributed by atoms with Crippen molar-refractivity contribution in [1.82, 2.24) is 9.80 Å². The predicted molar refractivity (Wildman–Crippen MR) is 71.1 cm³/mol. The van der Waals surface area contributed by atoms with Crippen LogP contribution in [-0.4, -0.2) is 72.6 Å². The van der Waals surface area contributed by atoms with Crippen LogP contribution in [-0.2, 0) is 19.1 Å². The first kappa shape index (κ1) is 16.4. The van der Waals surface area contributed by atoms with Crippen molar-refractivity contribution in [1.29, 1.82) is 0 Å². The van der Waals surface area contributed by atoms with Crippen molar-refractivity contribution in [2.24, 2.45) is 0 Å². The molecule has 0 aromatic rings. The van der Waals surface area contributed by atoms with Gasteiger partial charge in [-0.15, -0.1) is 0 Å². The van der Waals surface area contributed by atoms with Gasteiger partial charge in [-0.05, 0) is 12.8 Å². The number of hydrogen-bond donors (Lipinski definition) is 1. The molecule has 0 bridgehead atoms. The standard InChI is InChI=1S/C13H22N2O5/c1-20-13(19)10-14-6-8-15(9-7-14)11(16)4-2-3-5-12(17)18/h2-10H2,1H3,(H,17,18). The summed E-state index contributed by atoms with van der Waals surface area (Å²) in [5, 5.41) is 8.51. The third-order valence-electron chi connectivity index (χ3n) is 3.34. The Balaban J connectivity index is 2.18. The van der Waals surface area contributed by atoms with Crippen molar-refractivity contribution in [3.05, 3.63) is 0 Å². The van der Waals surface area contributed by atoms with Gasteiger partial charge in [0.2, 0.25) is 5.91 Å². The second-order valence-corrected chi connectivity index (χ2v) is 4.83. The van der Waals surface area contributed by atoms with Gasteiger partial charge < -0.3 is 14.7 Å². The zero-order chi connectivity index (χ0) is 15.0. The highest BCUT2D eigenvalue weighted by Gasteiger charge is 2.22. The summed E-state index contributed by atoms with van der Waals surface area (Å²) in [6, 6.07) is 0. The number of aliphatic carboxylic acids is 1. The predicted octanol–water partition coefficient (Wildman–Crippen LogP) is -0.0514. The van der Waals surface area contributed by atoms with E-state index in [4.69, 9.17) is 5.11 Å². The number of carboxylic acid groups (broad SMARTS) is 1. The van der Waals surface area contributed by atoms with Crippen molar-refractivity contribution < 1.29 is 24.2 Å². The fraction of sp³-hybridized carbons (Fsp3) is 0.769. The highest BCUT2D eigenvalue weighted by molar-refractivity contribution is 5.76. The topological polar surface area (TPSA) is 87.2 Å². The van der Waals surface area contributed by atoms with Gasteiger partial charge in [0.15, 0.2) is 0 Å². The molecule has 7 nitrogen and oxygen atoms in total. The molecule has 1 amide bonds. The van der Waals surface area contributed by atoms with Crippen LogP contribution < -0.4 is 0 Å². The molecule has 1 aliphatic heterocycles. The van der Waals surface area contributed by atoms with Gasteiger partial charge in [-0.3, -0.25) is 19.3 Å². The SMILES string of the molecule is COC(=O)CN1CCN(C(=O)CCCCC(=O)O)CC1. The molecule has 114 valence electrons. The molecular weight excluding hydrogens is 264 g/mol. The van der Waals surface area contributed by atoms with E-state index in [-0.39, 0.29) is 24.8 Å². The van der Waals surface area contributed by atoms with Gasteiger partial charge in [-0.2, -0.15) is 0 Å². The summed E-state index contributed by atoms with van der Waals surface area (Å²) in [7, 11) is 1.36. The number of amides is 1. The Bertz CT molecular complexity index is 351. The van der Waals surface area contributed by atoms with Crippen LogP contribution in [0.1, 0.15) is 25.7 Å². The Labute approximate surface area is 118 Å². The Hall–Kier alpha value is -1.63. The van der Waals surface area contributed by atoms with E-state index in [0.29, 0.717) is 45.4 Å². The molecule has 0 unspecified atom stereocenters. The monoisotopic (exact) mass is 286 g/mol. The number of rotatable bonds is 7. The van der Waals surface area contributed by atoms with Crippen LogP contribution in [0.2, 0.25) is 0 Å². The summed E-state index contributed by atoms with van der Waals surface area (Å²) >= 11 is 0. The van der Waals surface area contributed by atoms with Crippen LogP contribution in [0.4, 0.5) is 0 Å². The largest absolute Gasteiger partial charge is 0.481 e. The fourth-order valence-corrected chi connectivity index (χ4v) is 2.11. The van der Waals surface area contributed by atoms with Gasteiger partial charge in [0, 0.05) is 39.0 Å². The van der Waals surface area contributed by atoms with Crippen LogP contribution in [0.15, 0.2) is 0 Å². The van der Waals surface area contributed by atoms with Crippen molar-refractivity contribution in [2.75, 3.05) is 39.8 Å². The number of carboxylic acids is 1. The molecule has 1 fully saturated rings. The number of esters is 1. The number of unbranched alkanes of at least 4 members (excludes halogenated alkanes) is 1. The van der Waals surface area contributed by atoms with Crippen LogP contribution >= 0.6 is 0 Å². The Morgan fingerprint density at radius 2 is 1.65 bits per heavy atom. The number of nitrogens with zero attached hydrogens (tertiary/aromatic N) is 2. The maximum atomic E-state index is 11.9. The van der Waals surface area contributed by atoms with E-state index >= 15 is 0 Å². The average molecular weight is 286 g/mol. The Morgan fingerprint density at radius 3 is 2.20 bits per heavy atom. The van der Waals surface area contributed by atoms with Crippen molar-refractivity contribution in [3.8, 4) is 0 Å². The zero-order valence-electron chi connectivity index (χ0n) is 11.8. The van der Waals surface area contributed by atoms with Crippen molar-refractivity contribution in [3.63, 3.8) is 0 Å². The lowest BCUT2D eigenvalue weighted by Crippen LogP contribution is -2.50. The van der Waals surface area contributed by atoms with Crippen LogP contribution in [0.5, 0.6) is 0 Å². The molecule has 0 atom stereocenters. The summed E-state index contributed by atoms with van der Waals surface area (Å²) in [4.78, 5) is 37.1. The van der Waals surface area contributed by atoms with Crippen molar-refractivity contribution in [2.45, 2.75) is 25.7 Å². The lowest BCUT2D eigenvalue weighted by atomic mass is 10.1. The van der Waals surface area contributed by atoms with E-state index in [9.17, 15) is 14.4 Å². The number of hydrogen-bond acceptors (Lipinski definition) is 5. The van der Waals surface area contributed by atoms with E-state index in [1.807, 2.05) is 4.90 Å². The molecule has 1 rings (SSSR count). The molecule has 7 heteroatoms. The molecule has 1 saturated heterocycles. The summed E-state index contributed by atoms with van der Waals surface area (Å²) in [6.45, 7) is 2.80. The summed E-state index contributed by atoms with van der Waals surface area (Å²) in [6.07, 6.45) is 1.64. The minimum atomic E-state index is -0.825. The Kier molecular flexibility index (Phi) is 7.00. The summed E-state index contributed by atoms with van der Waals surface area (Å²) in [5.74, 6) is -1.03. The van der Waals surface area contributed by atoms with E-state index < -0.39 is 5.97 Å². The van der Waals surface area contributed by atoms with Crippen LogP contribution in [0, 0.1) is 0 Å². The van der Waals surface area contributed by atoms with E-state index in [0.717, 1.165) is 0 Å². The molecule has 20 heavy (non-hydrogen) atoms. The molecule has 1 heterocycles. The molecule has 0 spiro atoms. The highest BCUT2D eigenvalue weighted by Crippen LogP contribution is 2.07. The first-order valence-electron chi connectivity index (χ1n) is 6.81. The maximum absolute atomic E-state index is 11.9. The first-order chi connectivity index (χ1) is 9.52. The highest BCUT2D eigenvalue weighted by atomic mass is 16.5. The van der Waals surface area contributed by atoms with Gasteiger partial charge in [0.05, 0.1) is 13.7 Å². The van der Waals surface area contributed by atoms with E-state index in [2.05, 4.69) is 4.74 Å². The molecule has 0 aliphatic carbocycles. The van der Waals surface area contributed by atoms with Gasteiger partial charge >= 0.3 is 11.9 Å². The number of piperazine rings is 1. The molecule has 0 saturated carbocycles. The minimum Gasteiger partial charge on any atom is -0.481 e. The second-order valence-electron chi connectivity index (χ2n) is 4.83. The number of carbonyl (C=O) groups is 3. The maximum Gasteiger partial charge on any atom is 0.319 e. The van der Waals surface area contributed by atoms with Gasteiger partial charge in [0.25, 0.3) is 0 Å². The van der Waals surface area contributed by atoms with Gasteiger partial charge in [0.1, 0.15) is 0 Å².